The van der Waals surface area contributed by atoms with Crippen molar-refractivity contribution in [1.82, 2.24) is 5.32 Å². The number of hydrogen-bond donors (Lipinski definition) is 2. The SMILES string of the molecule is Cc1cccc([C@H](C)NCC(C)O)c1. The molecule has 1 rings (SSSR count). The minimum Gasteiger partial charge on any atom is -0.392 e. The van der Waals surface area contributed by atoms with Crippen molar-refractivity contribution in [3.8, 4) is 0 Å². The molecule has 0 bridgehead atoms. The lowest BCUT2D eigenvalue weighted by molar-refractivity contribution is 0.187. The van der Waals surface area contributed by atoms with Crippen LogP contribution in [0.2, 0.25) is 0 Å². The number of aryl methyl sites for hydroxylation is 1. The van der Waals surface area contributed by atoms with Crippen LogP contribution in [-0.2, 0) is 0 Å². The van der Waals surface area contributed by atoms with E-state index in [0.717, 1.165) is 0 Å². The molecule has 0 saturated heterocycles. The molecule has 1 unspecified atom stereocenters. The van der Waals surface area contributed by atoms with Crippen molar-refractivity contribution in [2.45, 2.75) is 32.9 Å². The zero-order chi connectivity index (χ0) is 10.6. The van der Waals surface area contributed by atoms with E-state index in [4.69, 9.17) is 5.11 Å². The second-order valence-corrected chi connectivity index (χ2v) is 3.89. The molecule has 0 spiro atoms. The summed E-state index contributed by atoms with van der Waals surface area (Å²) in [6, 6.07) is 8.72. The Kier molecular flexibility index (Phi) is 4.11. The van der Waals surface area contributed by atoms with Crippen LogP contribution in [0.15, 0.2) is 24.3 Å². The van der Waals surface area contributed by atoms with E-state index < -0.39 is 0 Å². The van der Waals surface area contributed by atoms with Gasteiger partial charge in [0.05, 0.1) is 6.10 Å². The first-order chi connectivity index (χ1) is 6.59. The summed E-state index contributed by atoms with van der Waals surface area (Å²) in [4.78, 5) is 0. The van der Waals surface area contributed by atoms with Crippen LogP contribution in [0.4, 0.5) is 0 Å². The molecule has 78 valence electrons. The second kappa shape index (κ2) is 5.13. The van der Waals surface area contributed by atoms with E-state index in [0.29, 0.717) is 12.6 Å². The Labute approximate surface area is 86.0 Å². The fourth-order valence-corrected chi connectivity index (χ4v) is 1.40. The minimum atomic E-state index is -0.290. The maximum Gasteiger partial charge on any atom is 0.0636 e. The maximum absolute atomic E-state index is 9.14. The summed E-state index contributed by atoms with van der Waals surface area (Å²) >= 11 is 0. The summed E-state index contributed by atoms with van der Waals surface area (Å²) in [7, 11) is 0. The highest BCUT2D eigenvalue weighted by molar-refractivity contribution is 5.24. The maximum atomic E-state index is 9.14. The van der Waals surface area contributed by atoms with Crippen LogP contribution in [-0.4, -0.2) is 17.8 Å². The van der Waals surface area contributed by atoms with Gasteiger partial charge in [0, 0.05) is 12.6 Å². The van der Waals surface area contributed by atoms with Gasteiger partial charge in [-0.3, -0.25) is 0 Å². The third-order valence-corrected chi connectivity index (χ3v) is 2.26. The number of aliphatic hydroxyl groups excluding tert-OH is 1. The monoisotopic (exact) mass is 193 g/mol. The lowest BCUT2D eigenvalue weighted by Gasteiger charge is -2.15. The molecule has 1 aromatic rings. The van der Waals surface area contributed by atoms with Crippen LogP contribution < -0.4 is 5.32 Å². The fourth-order valence-electron chi connectivity index (χ4n) is 1.40. The first kappa shape index (κ1) is 11.2. The zero-order valence-electron chi connectivity index (χ0n) is 9.12. The molecule has 0 aliphatic rings. The highest BCUT2D eigenvalue weighted by Crippen LogP contribution is 2.13. The molecule has 0 saturated carbocycles. The Morgan fingerprint density at radius 2 is 2.07 bits per heavy atom. The summed E-state index contributed by atoms with van der Waals surface area (Å²) < 4.78 is 0. The first-order valence-electron chi connectivity index (χ1n) is 5.07. The molecule has 14 heavy (non-hydrogen) atoms. The lowest BCUT2D eigenvalue weighted by Crippen LogP contribution is -2.27. The molecule has 0 aliphatic carbocycles. The molecule has 0 aliphatic heterocycles. The average molecular weight is 193 g/mol. The normalized spacial score (nSPS) is 15.1. The van der Waals surface area contributed by atoms with Crippen molar-refractivity contribution in [3.05, 3.63) is 35.4 Å². The summed E-state index contributed by atoms with van der Waals surface area (Å²) in [5.41, 5.74) is 2.54. The predicted octanol–water partition coefficient (Wildman–Crippen LogP) is 2.03. The number of rotatable bonds is 4. The van der Waals surface area contributed by atoms with Crippen LogP contribution in [0.3, 0.4) is 0 Å². The molecule has 2 nitrogen and oxygen atoms in total. The van der Waals surface area contributed by atoms with Crippen LogP contribution in [0, 0.1) is 6.92 Å². The standard InChI is InChI=1S/C12H19NO/c1-9-5-4-6-12(7-9)11(3)13-8-10(2)14/h4-7,10-11,13-14H,8H2,1-3H3/t10?,11-/m0/s1. The van der Waals surface area contributed by atoms with Crippen molar-refractivity contribution in [2.75, 3.05) is 6.54 Å². The van der Waals surface area contributed by atoms with Gasteiger partial charge in [0.15, 0.2) is 0 Å². The number of aliphatic hydroxyl groups is 1. The van der Waals surface area contributed by atoms with E-state index in [1.807, 2.05) is 0 Å². The smallest absolute Gasteiger partial charge is 0.0636 e. The van der Waals surface area contributed by atoms with E-state index in [1.54, 1.807) is 6.92 Å². The predicted molar refractivity (Wildman–Crippen MR) is 59.3 cm³/mol. The van der Waals surface area contributed by atoms with Gasteiger partial charge < -0.3 is 10.4 Å². The van der Waals surface area contributed by atoms with Crippen molar-refractivity contribution < 1.29 is 5.11 Å². The van der Waals surface area contributed by atoms with Crippen LogP contribution in [0.25, 0.3) is 0 Å². The molecule has 2 atom stereocenters. The van der Waals surface area contributed by atoms with Crippen molar-refractivity contribution >= 4 is 0 Å². The van der Waals surface area contributed by atoms with Gasteiger partial charge in [0.1, 0.15) is 0 Å². The molecule has 2 heteroatoms. The third-order valence-electron chi connectivity index (χ3n) is 2.26. The molecule has 0 fully saturated rings. The molecular formula is C12H19NO. The van der Waals surface area contributed by atoms with Crippen molar-refractivity contribution in [2.24, 2.45) is 0 Å². The number of benzene rings is 1. The summed E-state index contributed by atoms with van der Waals surface area (Å²) in [5, 5.41) is 12.4. The number of nitrogens with one attached hydrogen (secondary N) is 1. The Balaban J connectivity index is 2.56. The molecule has 0 radical (unpaired) electrons. The van der Waals surface area contributed by atoms with Gasteiger partial charge in [-0.15, -0.1) is 0 Å². The van der Waals surface area contributed by atoms with Crippen LogP contribution in [0.1, 0.15) is 31.0 Å². The molecule has 0 aromatic heterocycles. The summed E-state index contributed by atoms with van der Waals surface area (Å²) in [6.07, 6.45) is -0.290. The molecule has 1 aromatic carbocycles. The molecule has 0 amide bonds. The van der Waals surface area contributed by atoms with Crippen LogP contribution >= 0.6 is 0 Å². The zero-order valence-corrected chi connectivity index (χ0v) is 9.12. The largest absolute Gasteiger partial charge is 0.392 e. The Hall–Kier alpha value is -0.860. The number of hydrogen-bond acceptors (Lipinski definition) is 2. The third kappa shape index (κ3) is 3.48. The van der Waals surface area contributed by atoms with Crippen LogP contribution in [0.5, 0.6) is 0 Å². The van der Waals surface area contributed by atoms with Gasteiger partial charge >= 0.3 is 0 Å². The molecule has 2 N–H and O–H groups in total. The fraction of sp³-hybridized carbons (Fsp3) is 0.500. The van der Waals surface area contributed by atoms with Gasteiger partial charge in [-0.25, -0.2) is 0 Å². The molecule has 0 heterocycles. The van der Waals surface area contributed by atoms with Crippen molar-refractivity contribution in [3.63, 3.8) is 0 Å². The summed E-state index contributed by atoms with van der Waals surface area (Å²) in [5.74, 6) is 0. The Bertz CT molecular complexity index is 283. The highest BCUT2D eigenvalue weighted by Gasteiger charge is 2.05. The van der Waals surface area contributed by atoms with Gasteiger partial charge in [-0.05, 0) is 26.3 Å². The quantitative estimate of drug-likeness (QED) is 0.767. The van der Waals surface area contributed by atoms with E-state index in [-0.39, 0.29) is 6.10 Å². The van der Waals surface area contributed by atoms with Gasteiger partial charge in [-0.2, -0.15) is 0 Å². The highest BCUT2D eigenvalue weighted by atomic mass is 16.3. The lowest BCUT2D eigenvalue weighted by atomic mass is 10.1. The van der Waals surface area contributed by atoms with Crippen molar-refractivity contribution in [1.29, 1.82) is 0 Å². The second-order valence-electron chi connectivity index (χ2n) is 3.89. The van der Waals surface area contributed by atoms with E-state index in [9.17, 15) is 0 Å². The minimum absolute atomic E-state index is 0.290. The van der Waals surface area contributed by atoms with Gasteiger partial charge in [0.2, 0.25) is 0 Å². The Morgan fingerprint density at radius 3 is 2.64 bits per heavy atom. The summed E-state index contributed by atoms with van der Waals surface area (Å²) in [6.45, 7) is 6.62. The van der Waals surface area contributed by atoms with Gasteiger partial charge in [0.25, 0.3) is 0 Å². The topological polar surface area (TPSA) is 32.3 Å². The first-order valence-corrected chi connectivity index (χ1v) is 5.07. The average Bonchev–Trinajstić information content (AvgIpc) is 2.14. The molecular weight excluding hydrogens is 174 g/mol. The van der Waals surface area contributed by atoms with Gasteiger partial charge in [-0.1, -0.05) is 29.8 Å². The van der Waals surface area contributed by atoms with E-state index in [1.165, 1.54) is 11.1 Å². The van der Waals surface area contributed by atoms with E-state index in [2.05, 4.69) is 43.4 Å². The van der Waals surface area contributed by atoms with E-state index >= 15 is 0 Å². The Morgan fingerprint density at radius 1 is 1.36 bits per heavy atom.